The number of fused-ring (bicyclic) bond motifs is 1. The predicted molar refractivity (Wildman–Crippen MR) is 67.1 cm³/mol. The Balaban J connectivity index is 1.79. The lowest BCUT2D eigenvalue weighted by molar-refractivity contribution is -0.0272. The van der Waals surface area contributed by atoms with Crippen molar-refractivity contribution in [2.75, 3.05) is 20.1 Å². The minimum absolute atomic E-state index is 0.0848. The highest BCUT2D eigenvalue weighted by Gasteiger charge is 2.37. The quantitative estimate of drug-likeness (QED) is 0.680. The van der Waals surface area contributed by atoms with Gasteiger partial charge in [-0.1, -0.05) is 6.42 Å². The Bertz CT molecular complexity index is 345. The molecule has 3 rings (SSSR count). The molecule has 17 heavy (non-hydrogen) atoms. The summed E-state index contributed by atoms with van der Waals surface area (Å²) >= 11 is 0. The van der Waals surface area contributed by atoms with Crippen molar-refractivity contribution in [2.45, 2.75) is 31.7 Å². The summed E-state index contributed by atoms with van der Waals surface area (Å²) < 4.78 is 0. The fourth-order valence-electron chi connectivity index (χ4n) is 2.81. The third-order valence-corrected chi connectivity index (χ3v) is 3.86. The second-order valence-corrected chi connectivity index (χ2v) is 4.95. The summed E-state index contributed by atoms with van der Waals surface area (Å²) in [6.07, 6.45) is 10.5. The molecule has 3 aliphatic rings. The average molecular weight is 235 g/mol. The Morgan fingerprint density at radius 3 is 2.82 bits per heavy atom. The Morgan fingerprint density at radius 2 is 2.06 bits per heavy atom. The van der Waals surface area contributed by atoms with Gasteiger partial charge in [0.2, 0.25) is 0 Å². The van der Waals surface area contributed by atoms with E-state index in [0.29, 0.717) is 0 Å². The zero-order chi connectivity index (χ0) is 11.8. The van der Waals surface area contributed by atoms with Gasteiger partial charge in [-0.05, 0) is 25.0 Å². The largest absolute Gasteiger partial charge is 0.347 e. The fourth-order valence-corrected chi connectivity index (χ4v) is 2.81. The van der Waals surface area contributed by atoms with Gasteiger partial charge in [0.05, 0.1) is 5.70 Å². The lowest BCUT2D eigenvalue weighted by Gasteiger charge is -2.41. The van der Waals surface area contributed by atoms with Crippen LogP contribution in [0.25, 0.3) is 0 Å². The fraction of sp³-hybridized carbons (Fsp3) is 0.667. The highest BCUT2D eigenvalue weighted by molar-refractivity contribution is 5.24. The first-order valence-electron chi connectivity index (χ1n) is 6.43. The van der Waals surface area contributed by atoms with Crippen LogP contribution in [0.4, 0.5) is 0 Å². The SMILES string of the molecule is CN1C2=CC=CN(N3CCCCC3)C2NC1N. The zero-order valence-electron chi connectivity index (χ0n) is 10.3. The molecule has 3 N–H and O–H groups in total. The molecular weight excluding hydrogens is 214 g/mol. The normalized spacial score (nSPS) is 33.9. The van der Waals surface area contributed by atoms with Gasteiger partial charge in [0, 0.05) is 26.3 Å². The number of nitrogens with one attached hydrogen (secondary N) is 1. The lowest BCUT2D eigenvalue weighted by atomic mass is 10.1. The van der Waals surface area contributed by atoms with Crippen LogP contribution >= 0.6 is 0 Å². The van der Waals surface area contributed by atoms with Gasteiger partial charge >= 0.3 is 0 Å². The third-order valence-electron chi connectivity index (χ3n) is 3.86. The summed E-state index contributed by atoms with van der Waals surface area (Å²) in [6.45, 7) is 2.30. The molecule has 2 unspecified atom stereocenters. The summed E-state index contributed by atoms with van der Waals surface area (Å²) in [7, 11) is 2.04. The Hall–Kier alpha value is -1.04. The molecule has 3 heterocycles. The van der Waals surface area contributed by atoms with E-state index in [4.69, 9.17) is 5.73 Å². The van der Waals surface area contributed by atoms with E-state index in [0.717, 1.165) is 13.1 Å². The second-order valence-electron chi connectivity index (χ2n) is 4.95. The van der Waals surface area contributed by atoms with E-state index in [1.54, 1.807) is 0 Å². The highest BCUT2D eigenvalue weighted by Crippen LogP contribution is 2.26. The molecule has 0 saturated carbocycles. The number of likely N-dealkylation sites (N-methyl/N-ethyl adjacent to an activating group) is 1. The van der Waals surface area contributed by atoms with Crippen LogP contribution in [0.3, 0.4) is 0 Å². The van der Waals surface area contributed by atoms with E-state index < -0.39 is 0 Å². The van der Waals surface area contributed by atoms with Crippen molar-refractivity contribution >= 4 is 0 Å². The topological polar surface area (TPSA) is 47.8 Å². The van der Waals surface area contributed by atoms with E-state index in [9.17, 15) is 0 Å². The van der Waals surface area contributed by atoms with E-state index in [-0.39, 0.29) is 12.5 Å². The van der Waals surface area contributed by atoms with Crippen molar-refractivity contribution in [1.29, 1.82) is 0 Å². The molecule has 0 spiro atoms. The molecule has 0 aliphatic carbocycles. The molecule has 0 aromatic rings. The van der Waals surface area contributed by atoms with E-state index in [1.165, 1.54) is 25.0 Å². The van der Waals surface area contributed by atoms with Gasteiger partial charge in [-0.2, -0.15) is 0 Å². The first-order valence-corrected chi connectivity index (χ1v) is 6.43. The van der Waals surface area contributed by atoms with Crippen LogP contribution in [0, 0.1) is 0 Å². The highest BCUT2D eigenvalue weighted by atomic mass is 15.7. The summed E-state index contributed by atoms with van der Waals surface area (Å²) in [4.78, 5) is 2.10. The van der Waals surface area contributed by atoms with Crippen LogP contribution < -0.4 is 11.1 Å². The number of piperidine rings is 1. The lowest BCUT2D eigenvalue weighted by Crippen LogP contribution is -2.54. The van der Waals surface area contributed by atoms with Crippen molar-refractivity contribution in [3.63, 3.8) is 0 Å². The van der Waals surface area contributed by atoms with Crippen molar-refractivity contribution in [2.24, 2.45) is 5.73 Å². The number of nitrogens with two attached hydrogens (primary N) is 1. The molecule has 2 fully saturated rings. The van der Waals surface area contributed by atoms with Crippen molar-refractivity contribution in [1.82, 2.24) is 20.2 Å². The first-order chi connectivity index (χ1) is 8.27. The summed E-state index contributed by atoms with van der Waals surface area (Å²) in [6, 6.07) is 0. The molecule has 2 atom stereocenters. The van der Waals surface area contributed by atoms with Crippen molar-refractivity contribution < 1.29 is 0 Å². The minimum atomic E-state index is -0.0848. The van der Waals surface area contributed by atoms with Crippen LogP contribution in [0.15, 0.2) is 24.0 Å². The van der Waals surface area contributed by atoms with Gasteiger partial charge in [-0.3, -0.25) is 16.1 Å². The van der Waals surface area contributed by atoms with Crippen molar-refractivity contribution in [3.8, 4) is 0 Å². The molecule has 3 aliphatic heterocycles. The Labute approximate surface area is 102 Å². The van der Waals surface area contributed by atoms with Gasteiger partial charge in [-0.25, -0.2) is 5.01 Å². The van der Waals surface area contributed by atoms with E-state index >= 15 is 0 Å². The van der Waals surface area contributed by atoms with Crippen LogP contribution in [-0.4, -0.2) is 47.5 Å². The van der Waals surface area contributed by atoms with Crippen LogP contribution in [0.2, 0.25) is 0 Å². The molecule has 5 heteroatoms. The van der Waals surface area contributed by atoms with E-state index in [2.05, 4.69) is 38.6 Å². The Kier molecular flexibility index (Phi) is 2.82. The van der Waals surface area contributed by atoms with Crippen LogP contribution in [-0.2, 0) is 0 Å². The summed E-state index contributed by atoms with van der Waals surface area (Å²) in [5.41, 5.74) is 7.29. The monoisotopic (exact) mass is 235 g/mol. The number of hydrogen-bond acceptors (Lipinski definition) is 5. The number of hydrazine groups is 1. The zero-order valence-corrected chi connectivity index (χ0v) is 10.3. The van der Waals surface area contributed by atoms with Gasteiger partial charge in [0.25, 0.3) is 0 Å². The minimum Gasteiger partial charge on any atom is -0.347 e. The molecule has 5 nitrogen and oxygen atoms in total. The maximum absolute atomic E-state index is 6.03. The van der Waals surface area contributed by atoms with Gasteiger partial charge < -0.3 is 4.90 Å². The van der Waals surface area contributed by atoms with Crippen LogP contribution in [0.1, 0.15) is 19.3 Å². The van der Waals surface area contributed by atoms with Gasteiger partial charge in [0.15, 0.2) is 0 Å². The number of rotatable bonds is 1. The molecule has 0 amide bonds. The van der Waals surface area contributed by atoms with Crippen LogP contribution in [0.5, 0.6) is 0 Å². The average Bonchev–Trinajstić information content (AvgIpc) is 2.67. The molecule has 0 aromatic carbocycles. The summed E-state index contributed by atoms with van der Waals surface area (Å²) in [5.74, 6) is 0. The Morgan fingerprint density at radius 1 is 1.29 bits per heavy atom. The molecular formula is C12H21N5. The number of allylic oxidation sites excluding steroid dienone is 2. The molecule has 2 saturated heterocycles. The molecule has 0 aromatic heterocycles. The van der Waals surface area contributed by atoms with Gasteiger partial charge in [0.1, 0.15) is 12.5 Å². The summed E-state index contributed by atoms with van der Waals surface area (Å²) in [5, 5.41) is 8.15. The van der Waals surface area contributed by atoms with E-state index in [1.807, 2.05) is 7.05 Å². The molecule has 0 radical (unpaired) electrons. The first kappa shape index (κ1) is 11.1. The standard InChI is InChI=1S/C12H21N5/c1-15-10-6-5-9-17(11(10)14-12(15)13)16-7-3-2-4-8-16/h5-6,9,11-12,14H,2-4,7-8,13H2,1H3. The van der Waals surface area contributed by atoms with Gasteiger partial charge in [-0.15, -0.1) is 0 Å². The maximum atomic E-state index is 6.03. The van der Waals surface area contributed by atoms with Crippen molar-refractivity contribution in [3.05, 3.63) is 24.0 Å². The molecule has 94 valence electrons. The maximum Gasteiger partial charge on any atom is 0.138 e. The number of hydrogen-bond donors (Lipinski definition) is 2. The molecule has 0 bridgehead atoms. The smallest absolute Gasteiger partial charge is 0.138 e. The number of nitrogens with zero attached hydrogens (tertiary/aromatic N) is 3. The third kappa shape index (κ3) is 1.84. The predicted octanol–water partition coefficient (Wildman–Crippen LogP) is 0.204. The second kappa shape index (κ2) is 4.33.